The van der Waals surface area contributed by atoms with Crippen molar-refractivity contribution in [3.63, 3.8) is 0 Å². The summed E-state index contributed by atoms with van der Waals surface area (Å²) in [6.45, 7) is 13.3. The quantitative estimate of drug-likeness (QED) is 0.729. The van der Waals surface area contributed by atoms with E-state index < -0.39 is 8.32 Å². The molecule has 0 radical (unpaired) electrons. The van der Waals surface area contributed by atoms with E-state index in [4.69, 9.17) is 4.43 Å². The lowest BCUT2D eigenvalue weighted by atomic mass is 10.2. The molecule has 7 nitrogen and oxygen atoms in total. The first-order valence-corrected chi connectivity index (χ1v) is 13.0. The second kappa shape index (κ2) is 8.59. The Kier molecular flexibility index (Phi) is 6.30. The van der Waals surface area contributed by atoms with E-state index in [0.717, 1.165) is 11.6 Å². The first kappa shape index (κ1) is 22.0. The zero-order valence-corrected chi connectivity index (χ0v) is 19.3. The van der Waals surface area contributed by atoms with Crippen LogP contribution in [0.5, 0.6) is 5.75 Å². The fourth-order valence-corrected chi connectivity index (χ4v) is 3.86. The molecule has 0 aliphatic carbocycles. The maximum absolute atomic E-state index is 13.0. The average Bonchev–Trinajstić information content (AvgIpc) is 2.69. The fourth-order valence-electron chi connectivity index (χ4n) is 2.84. The lowest BCUT2D eigenvalue weighted by Gasteiger charge is -2.36. The number of halogens is 1. The molecule has 0 saturated carbocycles. The zero-order valence-electron chi connectivity index (χ0n) is 18.3. The van der Waals surface area contributed by atoms with E-state index in [1.807, 2.05) is 11.0 Å². The number of urea groups is 1. The molecule has 3 heterocycles. The van der Waals surface area contributed by atoms with Gasteiger partial charge in [-0.1, -0.05) is 20.8 Å². The van der Waals surface area contributed by atoms with Crippen LogP contribution in [0.1, 0.15) is 20.8 Å². The van der Waals surface area contributed by atoms with Crippen LogP contribution in [0.2, 0.25) is 18.1 Å². The number of nitrogens with zero attached hydrogens (tertiary/aromatic N) is 4. The smallest absolute Gasteiger partial charge is 0.323 e. The molecule has 9 heteroatoms. The van der Waals surface area contributed by atoms with E-state index in [2.05, 4.69) is 49.1 Å². The normalized spacial score (nSPS) is 15.1. The highest BCUT2D eigenvalue weighted by Gasteiger charge is 2.39. The topological polar surface area (TPSA) is 70.6 Å². The van der Waals surface area contributed by atoms with Crippen LogP contribution < -0.4 is 14.6 Å². The molecule has 3 rings (SSSR count). The molecule has 1 fully saturated rings. The van der Waals surface area contributed by atoms with Crippen molar-refractivity contribution in [1.82, 2.24) is 14.9 Å². The van der Waals surface area contributed by atoms with Crippen LogP contribution in [0.4, 0.5) is 20.8 Å². The second-order valence-electron chi connectivity index (χ2n) is 8.98. The Morgan fingerprint density at radius 3 is 2.30 bits per heavy atom. The number of pyridine rings is 2. The molecule has 1 aliphatic heterocycles. The van der Waals surface area contributed by atoms with Gasteiger partial charge in [0.05, 0.1) is 12.4 Å². The van der Waals surface area contributed by atoms with Crippen LogP contribution in [0, 0.1) is 5.82 Å². The van der Waals surface area contributed by atoms with Gasteiger partial charge in [-0.3, -0.25) is 5.32 Å². The van der Waals surface area contributed by atoms with Crippen LogP contribution in [-0.2, 0) is 0 Å². The van der Waals surface area contributed by atoms with Gasteiger partial charge in [-0.2, -0.15) is 0 Å². The van der Waals surface area contributed by atoms with Gasteiger partial charge in [0, 0.05) is 26.2 Å². The number of aromatic nitrogens is 2. The van der Waals surface area contributed by atoms with Crippen LogP contribution in [0.3, 0.4) is 0 Å². The van der Waals surface area contributed by atoms with Crippen LogP contribution in [0.25, 0.3) is 0 Å². The van der Waals surface area contributed by atoms with Gasteiger partial charge >= 0.3 is 6.03 Å². The van der Waals surface area contributed by atoms with Crippen molar-refractivity contribution < 1.29 is 13.6 Å². The summed E-state index contributed by atoms with van der Waals surface area (Å²) >= 11 is 0. The first-order chi connectivity index (χ1) is 14.0. The molecule has 0 aromatic carbocycles. The Labute approximate surface area is 178 Å². The Hall–Kier alpha value is -2.68. The number of nitrogens with one attached hydrogen (secondary N) is 1. The minimum atomic E-state index is -1.93. The van der Waals surface area contributed by atoms with E-state index in [0.29, 0.717) is 32.0 Å². The summed E-state index contributed by atoms with van der Waals surface area (Å²) in [7, 11) is -1.93. The van der Waals surface area contributed by atoms with E-state index in [1.54, 1.807) is 23.2 Å². The van der Waals surface area contributed by atoms with Gasteiger partial charge in [-0.25, -0.2) is 19.2 Å². The molecular formula is C21H30FN5O2Si. The largest absolute Gasteiger partial charge is 0.542 e. The summed E-state index contributed by atoms with van der Waals surface area (Å²) in [5, 5.41) is 2.94. The molecule has 2 aromatic rings. The van der Waals surface area contributed by atoms with Crippen molar-refractivity contribution in [2.75, 3.05) is 36.4 Å². The molecule has 0 unspecified atom stereocenters. The minimum Gasteiger partial charge on any atom is -0.542 e. The SMILES string of the molecule is CC(C)(C)[Si](C)(C)Oc1ccc(NC(=O)N2CCN(c3ccc(F)cn3)CC2)nc1. The Morgan fingerprint density at radius 1 is 1.07 bits per heavy atom. The fraction of sp³-hybridized carbons (Fsp3) is 0.476. The summed E-state index contributed by atoms with van der Waals surface area (Å²) in [4.78, 5) is 24.8. The average molecular weight is 432 g/mol. The van der Waals surface area contributed by atoms with Crippen LogP contribution >= 0.6 is 0 Å². The van der Waals surface area contributed by atoms with E-state index in [9.17, 15) is 9.18 Å². The molecule has 0 atom stereocenters. The Morgan fingerprint density at radius 2 is 1.77 bits per heavy atom. The van der Waals surface area contributed by atoms with Crippen LogP contribution in [0.15, 0.2) is 36.7 Å². The number of hydrogen-bond acceptors (Lipinski definition) is 5. The molecule has 0 spiro atoms. The predicted octanol–water partition coefficient (Wildman–Crippen LogP) is 4.35. The maximum Gasteiger partial charge on any atom is 0.323 e. The van der Waals surface area contributed by atoms with Crippen molar-refractivity contribution >= 4 is 26.0 Å². The standard InChI is InChI=1S/C21H30FN5O2Si/c1-21(2,3)30(4,5)29-17-7-8-18(23-15-17)25-20(28)27-12-10-26(11-13-27)19-9-6-16(22)14-24-19/h6-9,14-15H,10-13H2,1-5H3,(H,23,25,28). The lowest BCUT2D eigenvalue weighted by molar-refractivity contribution is 0.208. The van der Waals surface area contributed by atoms with E-state index in [1.165, 1.54) is 12.3 Å². The first-order valence-electron chi connectivity index (χ1n) is 10.1. The number of carbonyl (C=O) groups is 1. The minimum absolute atomic E-state index is 0.103. The maximum atomic E-state index is 13.0. The van der Waals surface area contributed by atoms with Gasteiger partial charge < -0.3 is 14.2 Å². The Bertz CT molecular complexity index is 860. The van der Waals surface area contributed by atoms with Gasteiger partial charge in [0.25, 0.3) is 8.32 Å². The van der Waals surface area contributed by atoms with E-state index in [-0.39, 0.29) is 16.9 Å². The highest BCUT2D eigenvalue weighted by Crippen LogP contribution is 2.37. The summed E-state index contributed by atoms with van der Waals surface area (Å²) < 4.78 is 19.3. The van der Waals surface area contributed by atoms with Gasteiger partial charge in [0.15, 0.2) is 0 Å². The van der Waals surface area contributed by atoms with Crippen molar-refractivity contribution in [3.8, 4) is 5.75 Å². The monoisotopic (exact) mass is 431 g/mol. The van der Waals surface area contributed by atoms with Crippen LogP contribution in [-0.4, -0.2) is 55.4 Å². The number of piperazine rings is 1. The van der Waals surface area contributed by atoms with E-state index >= 15 is 0 Å². The van der Waals surface area contributed by atoms with Gasteiger partial charge in [0.2, 0.25) is 0 Å². The van der Waals surface area contributed by atoms with Crippen molar-refractivity contribution in [2.45, 2.75) is 38.9 Å². The molecule has 30 heavy (non-hydrogen) atoms. The summed E-state index contributed by atoms with van der Waals surface area (Å²) in [6.07, 6.45) is 2.87. The third-order valence-electron chi connectivity index (χ3n) is 5.75. The number of rotatable bonds is 4. The van der Waals surface area contributed by atoms with Gasteiger partial charge in [-0.15, -0.1) is 0 Å². The summed E-state index contributed by atoms with van der Waals surface area (Å²) in [5.74, 6) is 1.57. The Balaban J connectivity index is 1.52. The molecule has 2 amide bonds. The summed E-state index contributed by atoms with van der Waals surface area (Å²) in [6, 6.07) is 6.47. The highest BCUT2D eigenvalue weighted by atomic mass is 28.4. The summed E-state index contributed by atoms with van der Waals surface area (Å²) in [5.41, 5.74) is 0. The molecule has 1 saturated heterocycles. The van der Waals surface area contributed by atoms with Crippen molar-refractivity contribution in [1.29, 1.82) is 0 Å². The number of amides is 2. The van der Waals surface area contributed by atoms with Gasteiger partial charge in [0.1, 0.15) is 23.2 Å². The predicted molar refractivity (Wildman–Crippen MR) is 119 cm³/mol. The molecule has 2 aromatic heterocycles. The zero-order chi connectivity index (χ0) is 21.9. The lowest BCUT2D eigenvalue weighted by Crippen LogP contribution is -2.50. The molecule has 0 bridgehead atoms. The van der Waals surface area contributed by atoms with Crippen molar-refractivity contribution in [2.24, 2.45) is 0 Å². The number of carbonyl (C=O) groups excluding carboxylic acids is 1. The molecule has 1 aliphatic rings. The number of anilines is 2. The van der Waals surface area contributed by atoms with Gasteiger partial charge in [-0.05, 0) is 42.4 Å². The molecule has 1 N–H and O–H groups in total. The molecular weight excluding hydrogens is 401 g/mol. The highest BCUT2D eigenvalue weighted by molar-refractivity contribution is 6.74. The second-order valence-corrected chi connectivity index (χ2v) is 13.7. The van der Waals surface area contributed by atoms with Crippen molar-refractivity contribution in [3.05, 3.63) is 42.5 Å². The molecule has 162 valence electrons. The third kappa shape index (κ3) is 5.27. The number of hydrogen-bond donors (Lipinski definition) is 1. The third-order valence-corrected chi connectivity index (χ3v) is 10.1.